The third-order valence-electron chi connectivity index (χ3n) is 7.88. The number of nitriles is 1. The Morgan fingerprint density at radius 3 is 1.40 bits per heavy atom. The average Bonchev–Trinajstić information content (AvgIpc) is 3.59. The van der Waals surface area contributed by atoms with Crippen molar-refractivity contribution in [2.24, 2.45) is 0 Å². The topological polar surface area (TPSA) is 23.8 Å². The van der Waals surface area contributed by atoms with E-state index in [-0.39, 0.29) is 22.3 Å². The Labute approximate surface area is 248 Å². The number of halogens is 2. The van der Waals surface area contributed by atoms with Crippen LogP contribution in [0.1, 0.15) is 5.56 Å². The van der Waals surface area contributed by atoms with Crippen LogP contribution in [-0.4, -0.2) is 0 Å². The van der Waals surface area contributed by atoms with E-state index in [2.05, 4.69) is 18.2 Å². The number of hydrogen-bond acceptors (Lipinski definition) is 3. The SMILES string of the molecule is N#Cc1c(-c2ccc3sc4ccccc4c3c2)c(F)c(-c2ccccc2)c(F)c1-c1ccc2sc3ccccc3c2c1. The van der Waals surface area contributed by atoms with Gasteiger partial charge in [-0.2, -0.15) is 5.26 Å². The molecule has 0 saturated heterocycles. The second kappa shape index (κ2) is 9.60. The van der Waals surface area contributed by atoms with Gasteiger partial charge < -0.3 is 0 Å². The lowest BCUT2D eigenvalue weighted by molar-refractivity contribution is 0.593. The summed E-state index contributed by atoms with van der Waals surface area (Å²) in [6.45, 7) is 0. The van der Waals surface area contributed by atoms with E-state index >= 15 is 8.78 Å². The van der Waals surface area contributed by atoms with Crippen molar-refractivity contribution in [3.63, 3.8) is 0 Å². The minimum absolute atomic E-state index is 0.0116. The summed E-state index contributed by atoms with van der Waals surface area (Å²) in [6.07, 6.45) is 0. The van der Waals surface area contributed by atoms with E-state index < -0.39 is 11.6 Å². The van der Waals surface area contributed by atoms with Crippen molar-refractivity contribution < 1.29 is 8.78 Å². The summed E-state index contributed by atoms with van der Waals surface area (Å²) in [6, 6.07) is 38.6. The summed E-state index contributed by atoms with van der Waals surface area (Å²) >= 11 is 3.33. The molecule has 1 nitrogen and oxygen atoms in total. The van der Waals surface area contributed by atoms with Crippen LogP contribution in [-0.2, 0) is 0 Å². The molecule has 0 saturated carbocycles. The highest BCUT2D eigenvalue weighted by Gasteiger charge is 2.28. The molecular weight excluding hydrogens is 561 g/mol. The summed E-state index contributed by atoms with van der Waals surface area (Å²) in [5.41, 5.74) is 1.58. The van der Waals surface area contributed by atoms with Crippen LogP contribution in [0.4, 0.5) is 8.78 Å². The first-order valence-corrected chi connectivity index (χ1v) is 15.1. The van der Waals surface area contributed by atoms with E-state index in [0.29, 0.717) is 16.7 Å². The van der Waals surface area contributed by atoms with E-state index in [1.165, 1.54) is 0 Å². The third-order valence-corrected chi connectivity index (χ3v) is 10.2. The van der Waals surface area contributed by atoms with Gasteiger partial charge in [0.1, 0.15) is 17.7 Å². The van der Waals surface area contributed by atoms with Crippen LogP contribution < -0.4 is 0 Å². The zero-order valence-electron chi connectivity index (χ0n) is 22.0. The first-order valence-electron chi connectivity index (χ1n) is 13.5. The molecule has 0 amide bonds. The zero-order chi connectivity index (χ0) is 28.4. The molecule has 2 aromatic heterocycles. The Morgan fingerprint density at radius 1 is 0.452 bits per heavy atom. The van der Waals surface area contributed by atoms with Crippen molar-refractivity contribution in [3.05, 3.63) is 132 Å². The normalized spacial score (nSPS) is 11.5. The van der Waals surface area contributed by atoms with Crippen molar-refractivity contribution in [1.29, 1.82) is 5.26 Å². The van der Waals surface area contributed by atoms with Gasteiger partial charge >= 0.3 is 0 Å². The molecule has 0 fully saturated rings. The van der Waals surface area contributed by atoms with Crippen LogP contribution in [0.15, 0.2) is 115 Å². The Hall–Kier alpha value is -4.89. The van der Waals surface area contributed by atoms with E-state index in [1.807, 2.05) is 78.9 Å². The Morgan fingerprint density at radius 2 is 0.905 bits per heavy atom. The summed E-state index contributed by atoms with van der Waals surface area (Å²) in [5.74, 6) is -1.47. The molecule has 5 heteroatoms. The van der Waals surface area contributed by atoms with Crippen LogP contribution in [0.2, 0.25) is 0 Å². The van der Waals surface area contributed by atoms with E-state index in [9.17, 15) is 5.26 Å². The third kappa shape index (κ3) is 3.70. The smallest absolute Gasteiger partial charge is 0.143 e. The van der Waals surface area contributed by atoms with Crippen LogP contribution in [0.25, 0.3) is 73.7 Å². The molecule has 8 rings (SSSR count). The highest BCUT2D eigenvalue weighted by molar-refractivity contribution is 7.26. The maximum absolute atomic E-state index is 16.7. The maximum Gasteiger partial charge on any atom is 0.143 e. The summed E-state index contributed by atoms with van der Waals surface area (Å²) in [5, 5.41) is 14.6. The minimum Gasteiger partial charge on any atom is -0.205 e. The standard InChI is InChI=1S/C37H19F2NS2/c38-36-33(22-14-16-31-26(18-22)24-10-4-6-12-29(24)41-31)28(20-40)34(37(39)35(36)21-8-2-1-3-9-21)23-15-17-32-27(19-23)25-11-5-7-13-30(25)42-32/h1-19H. The largest absolute Gasteiger partial charge is 0.205 e. The van der Waals surface area contributed by atoms with Crippen molar-refractivity contribution >= 4 is 63.0 Å². The molecule has 0 atom stereocenters. The molecule has 0 unspecified atom stereocenters. The van der Waals surface area contributed by atoms with Gasteiger partial charge in [-0.05, 0) is 53.1 Å². The number of hydrogen-bond donors (Lipinski definition) is 0. The van der Waals surface area contributed by atoms with Gasteiger partial charge in [0.15, 0.2) is 0 Å². The number of thiophene rings is 2. The predicted octanol–water partition coefficient (Wildman–Crippen LogP) is 11.6. The number of benzene rings is 6. The van der Waals surface area contributed by atoms with Gasteiger partial charge in [-0.1, -0.05) is 78.9 Å². The molecule has 6 aromatic carbocycles. The molecule has 0 aliphatic carbocycles. The fourth-order valence-corrected chi connectivity index (χ4v) is 8.14. The number of nitrogens with zero attached hydrogens (tertiary/aromatic N) is 1. The molecule has 2 heterocycles. The van der Waals surface area contributed by atoms with Gasteiger partial charge in [-0.25, -0.2) is 8.78 Å². The van der Waals surface area contributed by atoms with Crippen molar-refractivity contribution in [3.8, 4) is 39.4 Å². The molecule has 0 aliphatic heterocycles. The Kier molecular flexibility index (Phi) is 5.68. The lowest BCUT2D eigenvalue weighted by Crippen LogP contribution is -2.03. The molecule has 0 spiro atoms. The number of rotatable bonds is 3. The van der Waals surface area contributed by atoms with Gasteiger partial charge in [-0.15, -0.1) is 22.7 Å². The quantitative estimate of drug-likeness (QED) is 0.204. The predicted molar refractivity (Wildman–Crippen MR) is 173 cm³/mol. The Balaban J connectivity index is 1.47. The summed E-state index contributed by atoms with van der Waals surface area (Å²) in [7, 11) is 0. The van der Waals surface area contributed by atoms with E-state index in [1.54, 1.807) is 46.9 Å². The van der Waals surface area contributed by atoms with E-state index in [4.69, 9.17) is 0 Å². The molecule has 198 valence electrons. The lowest BCUT2D eigenvalue weighted by Gasteiger charge is -2.18. The van der Waals surface area contributed by atoms with Crippen molar-refractivity contribution in [2.75, 3.05) is 0 Å². The highest BCUT2D eigenvalue weighted by atomic mass is 32.1. The highest BCUT2D eigenvalue weighted by Crippen LogP contribution is 2.45. The fraction of sp³-hybridized carbons (Fsp3) is 0. The van der Waals surface area contributed by atoms with Gasteiger partial charge in [0, 0.05) is 51.5 Å². The summed E-state index contributed by atoms with van der Waals surface area (Å²) in [4.78, 5) is 0. The lowest BCUT2D eigenvalue weighted by atomic mass is 9.86. The van der Waals surface area contributed by atoms with Gasteiger partial charge in [-0.3, -0.25) is 0 Å². The average molecular weight is 580 g/mol. The second-order valence-electron chi connectivity index (χ2n) is 10.2. The zero-order valence-corrected chi connectivity index (χ0v) is 23.6. The fourth-order valence-electron chi connectivity index (χ4n) is 5.97. The monoisotopic (exact) mass is 579 g/mol. The molecule has 0 radical (unpaired) electrons. The first kappa shape index (κ1) is 24.9. The van der Waals surface area contributed by atoms with Gasteiger partial charge in [0.25, 0.3) is 0 Å². The minimum atomic E-state index is -0.736. The molecule has 42 heavy (non-hydrogen) atoms. The summed E-state index contributed by atoms with van der Waals surface area (Å²) < 4.78 is 37.8. The van der Waals surface area contributed by atoms with E-state index in [0.717, 1.165) is 40.3 Å². The molecule has 0 N–H and O–H groups in total. The molecular formula is C37H19F2NS2. The molecule has 0 aliphatic rings. The number of fused-ring (bicyclic) bond motifs is 6. The van der Waals surface area contributed by atoms with Crippen LogP contribution in [0, 0.1) is 23.0 Å². The van der Waals surface area contributed by atoms with Crippen LogP contribution >= 0.6 is 22.7 Å². The first-order chi connectivity index (χ1) is 20.6. The van der Waals surface area contributed by atoms with Gasteiger partial charge in [0.2, 0.25) is 0 Å². The molecule has 8 aromatic rings. The maximum atomic E-state index is 16.7. The van der Waals surface area contributed by atoms with Gasteiger partial charge in [0.05, 0.1) is 11.1 Å². The van der Waals surface area contributed by atoms with Crippen LogP contribution in [0.3, 0.4) is 0 Å². The van der Waals surface area contributed by atoms with Crippen molar-refractivity contribution in [2.45, 2.75) is 0 Å². The van der Waals surface area contributed by atoms with Crippen LogP contribution in [0.5, 0.6) is 0 Å². The Bertz CT molecular complexity index is 2250. The van der Waals surface area contributed by atoms with Crippen molar-refractivity contribution in [1.82, 2.24) is 0 Å². The second-order valence-corrected chi connectivity index (χ2v) is 12.4. The molecule has 0 bridgehead atoms.